The fourth-order valence-electron chi connectivity index (χ4n) is 3.47. The molecule has 4 heteroatoms. The molecule has 0 aromatic heterocycles. The molecule has 0 saturated carbocycles. The van der Waals surface area contributed by atoms with E-state index >= 15 is 0 Å². The van der Waals surface area contributed by atoms with Crippen molar-refractivity contribution in [2.24, 2.45) is 11.7 Å². The Morgan fingerprint density at radius 2 is 1.78 bits per heavy atom. The first-order chi connectivity index (χ1) is 8.52. The summed E-state index contributed by atoms with van der Waals surface area (Å²) in [5, 5.41) is 0. The second-order valence-corrected chi connectivity index (χ2v) is 6.18. The van der Waals surface area contributed by atoms with Crippen LogP contribution in [0.2, 0.25) is 0 Å². The van der Waals surface area contributed by atoms with Gasteiger partial charge in [-0.2, -0.15) is 0 Å². The van der Waals surface area contributed by atoms with Gasteiger partial charge in [0.1, 0.15) is 0 Å². The molecule has 2 fully saturated rings. The highest BCUT2D eigenvalue weighted by molar-refractivity contribution is 5.79. The summed E-state index contributed by atoms with van der Waals surface area (Å²) in [5.41, 5.74) is 5.72. The van der Waals surface area contributed by atoms with E-state index in [0.29, 0.717) is 43.0 Å². The zero-order valence-electron chi connectivity index (χ0n) is 11.9. The maximum Gasteiger partial charge on any atom is 0.237 e. The summed E-state index contributed by atoms with van der Waals surface area (Å²) in [6, 6.07) is 1.46. The topological polar surface area (TPSA) is 49.6 Å². The number of likely N-dealkylation sites (tertiary alicyclic amines) is 2. The maximum atomic E-state index is 12.4. The van der Waals surface area contributed by atoms with Crippen LogP contribution in [0.25, 0.3) is 0 Å². The van der Waals surface area contributed by atoms with Crippen LogP contribution < -0.4 is 5.73 Å². The summed E-state index contributed by atoms with van der Waals surface area (Å²) >= 11 is 0. The van der Waals surface area contributed by atoms with E-state index in [-0.39, 0.29) is 0 Å². The van der Waals surface area contributed by atoms with E-state index in [4.69, 9.17) is 5.73 Å². The molecule has 2 N–H and O–H groups in total. The van der Waals surface area contributed by atoms with Crippen molar-refractivity contribution in [3.8, 4) is 0 Å². The van der Waals surface area contributed by atoms with Crippen LogP contribution >= 0.6 is 0 Å². The quantitative estimate of drug-likeness (QED) is 0.818. The van der Waals surface area contributed by atoms with E-state index in [0.717, 1.165) is 13.0 Å². The summed E-state index contributed by atoms with van der Waals surface area (Å²) in [4.78, 5) is 16.8. The zero-order valence-corrected chi connectivity index (χ0v) is 11.9. The summed E-state index contributed by atoms with van der Waals surface area (Å²) in [5.74, 6) is 0.788. The molecule has 0 spiro atoms. The van der Waals surface area contributed by atoms with E-state index < -0.39 is 0 Å². The largest absolute Gasteiger partial charge is 0.339 e. The average Bonchev–Trinajstić information content (AvgIpc) is 2.86. The average molecular weight is 253 g/mol. The third-order valence-electron chi connectivity index (χ3n) is 4.77. The highest BCUT2D eigenvalue weighted by Crippen LogP contribution is 2.26. The van der Waals surface area contributed by atoms with Gasteiger partial charge in [0, 0.05) is 24.7 Å². The summed E-state index contributed by atoms with van der Waals surface area (Å²) in [7, 11) is 0. The summed E-state index contributed by atoms with van der Waals surface area (Å²) in [6.45, 7) is 8.74. The van der Waals surface area contributed by atoms with Crippen LogP contribution in [0.4, 0.5) is 0 Å². The summed E-state index contributed by atoms with van der Waals surface area (Å²) in [6.07, 6.45) is 3.50. The molecule has 1 amide bonds. The van der Waals surface area contributed by atoms with E-state index in [2.05, 4.69) is 25.7 Å². The van der Waals surface area contributed by atoms with Gasteiger partial charge in [0.25, 0.3) is 0 Å². The van der Waals surface area contributed by atoms with Crippen LogP contribution in [0, 0.1) is 5.92 Å². The third-order valence-corrected chi connectivity index (χ3v) is 4.77. The van der Waals surface area contributed by atoms with Crippen LogP contribution in [-0.2, 0) is 4.79 Å². The van der Waals surface area contributed by atoms with Crippen LogP contribution in [-0.4, -0.2) is 53.5 Å². The van der Waals surface area contributed by atoms with Crippen molar-refractivity contribution >= 4 is 5.91 Å². The Balaban J connectivity index is 1.92. The SMILES string of the molecule is CC1CC(CN)CN1C(=O)CN1C(C)CCC1C. The predicted octanol–water partition coefficient (Wildman–Crippen LogP) is 1.05. The first-order valence-corrected chi connectivity index (χ1v) is 7.28. The molecule has 2 aliphatic rings. The molecule has 4 nitrogen and oxygen atoms in total. The Hall–Kier alpha value is -0.610. The molecule has 0 bridgehead atoms. The fourth-order valence-corrected chi connectivity index (χ4v) is 3.47. The van der Waals surface area contributed by atoms with Gasteiger partial charge < -0.3 is 10.6 Å². The molecule has 2 rings (SSSR count). The number of amides is 1. The summed E-state index contributed by atoms with van der Waals surface area (Å²) < 4.78 is 0. The molecule has 4 atom stereocenters. The molecule has 18 heavy (non-hydrogen) atoms. The van der Waals surface area contributed by atoms with Gasteiger partial charge in [0.2, 0.25) is 5.91 Å². The number of hydrogen-bond acceptors (Lipinski definition) is 3. The highest BCUT2D eigenvalue weighted by Gasteiger charge is 2.35. The van der Waals surface area contributed by atoms with E-state index in [1.54, 1.807) is 0 Å². The first-order valence-electron chi connectivity index (χ1n) is 7.28. The molecule has 4 unspecified atom stereocenters. The number of hydrogen-bond donors (Lipinski definition) is 1. The van der Waals surface area contributed by atoms with Gasteiger partial charge in [0.15, 0.2) is 0 Å². The van der Waals surface area contributed by atoms with E-state index in [1.165, 1.54) is 12.8 Å². The third kappa shape index (κ3) is 2.69. The van der Waals surface area contributed by atoms with Crippen molar-refractivity contribution in [3.05, 3.63) is 0 Å². The number of nitrogens with zero attached hydrogens (tertiary/aromatic N) is 2. The molecular weight excluding hydrogens is 226 g/mol. The van der Waals surface area contributed by atoms with Gasteiger partial charge in [-0.15, -0.1) is 0 Å². The minimum Gasteiger partial charge on any atom is -0.339 e. The number of carbonyl (C=O) groups excluding carboxylic acids is 1. The van der Waals surface area contributed by atoms with Gasteiger partial charge in [0.05, 0.1) is 6.54 Å². The second-order valence-electron chi connectivity index (χ2n) is 6.18. The standard InChI is InChI=1S/C14H27N3O/c1-10-4-5-11(2)16(10)9-14(18)17-8-13(7-15)6-12(17)3/h10-13H,4-9,15H2,1-3H3. The Kier molecular flexibility index (Phi) is 4.28. The van der Waals surface area contributed by atoms with Crippen molar-refractivity contribution in [2.45, 2.75) is 58.2 Å². The van der Waals surface area contributed by atoms with Crippen LogP contribution in [0.5, 0.6) is 0 Å². The van der Waals surface area contributed by atoms with Crippen molar-refractivity contribution in [1.29, 1.82) is 0 Å². The van der Waals surface area contributed by atoms with Crippen LogP contribution in [0.1, 0.15) is 40.0 Å². The monoisotopic (exact) mass is 253 g/mol. The van der Waals surface area contributed by atoms with Crippen LogP contribution in [0.15, 0.2) is 0 Å². The second kappa shape index (κ2) is 5.57. The molecule has 0 radical (unpaired) electrons. The van der Waals surface area contributed by atoms with Gasteiger partial charge in [-0.25, -0.2) is 0 Å². The lowest BCUT2D eigenvalue weighted by Crippen LogP contribution is -2.45. The molecule has 2 aliphatic heterocycles. The Morgan fingerprint density at radius 1 is 1.17 bits per heavy atom. The zero-order chi connectivity index (χ0) is 13.3. The predicted molar refractivity (Wildman–Crippen MR) is 73.2 cm³/mol. The molecule has 0 aromatic rings. The van der Waals surface area contributed by atoms with Gasteiger partial charge >= 0.3 is 0 Å². The van der Waals surface area contributed by atoms with Gasteiger partial charge in [-0.3, -0.25) is 9.69 Å². The first kappa shape index (κ1) is 13.8. The smallest absolute Gasteiger partial charge is 0.237 e. The van der Waals surface area contributed by atoms with Crippen molar-refractivity contribution in [2.75, 3.05) is 19.6 Å². The molecule has 2 heterocycles. The number of nitrogens with two attached hydrogens (primary N) is 1. The van der Waals surface area contributed by atoms with Crippen molar-refractivity contribution in [1.82, 2.24) is 9.80 Å². The van der Waals surface area contributed by atoms with E-state index in [1.807, 2.05) is 4.90 Å². The molecule has 2 saturated heterocycles. The Morgan fingerprint density at radius 3 is 2.28 bits per heavy atom. The van der Waals surface area contributed by atoms with E-state index in [9.17, 15) is 4.79 Å². The minimum absolute atomic E-state index is 0.291. The molecule has 104 valence electrons. The fraction of sp³-hybridized carbons (Fsp3) is 0.929. The van der Waals surface area contributed by atoms with Crippen molar-refractivity contribution in [3.63, 3.8) is 0 Å². The lowest BCUT2D eigenvalue weighted by atomic mass is 10.1. The van der Waals surface area contributed by atoms with Gasteiger partial charge in [-0.05, 0) is 52.5 Å². The van der Waals surface area contributed by atoms with Crippen LogP contribution in [0.3, 0.4) is 0 Å². The molecule has 0 aromatic carbocycles. The normalized spacial score (nSPS) is 37.4. The lowest BCUT2D eigenvalue weighted by molar-refractivity contribution is -0.133. The van der Waals surface area contributed by atoms with Gasteiger partial charge in [-0.1, -0.05) is 0 Å². The Bertz CT molecular complexity index is 297. The molecule has 0 aliphatic carbocycles. The minimum atomic E-state index is 0.291. The highest BCUT2D eigenvalue weighted by atomic mass is 16.2. The Labute approximate surface area is 110 Å². The lowest BCUT2D eigenvalue weighted by Gasteiger charge is -2.29. The number of rotatable bonds is 3. The molecular formula is C14H27N3O. The maximum absolute atomic E-state index is 12.4. The number of carbonyl (C=O) groups is 1. The van der Waals surface area contributed by atoms with Crippen molar-refractivity contribution < 1.29 is 4.79 Å².